The minimum Gasteiger partial charge on any atom is -0.335 e. The molecule has 22 heavy (non-hydrogen) atoms. The molecule has 0 aromatic carbocycles. The maximum absolute atomic E-state index is 12.6. The van der Waals surface area contributed by atoms with Gasteiger partial charge < -0.3 is 4.90 Å². The van der Waals surface area contributed by atoms with Crippen LogP contribution in [0.4, 0.5) is 0 Å². The summed E-state index contributed by atoms with van der Waals surface area (Å²) in [5.74, 6) is 0.725. The fourth-order valence-electron chi connectivity index (χ4n) is 3.30. The van der Waals surface area contributed by atoms with Gasteiger partial charge in [0.25, 0.3) is 5.91 Å². The maximum atomic E-state index is 12.6. The average molecular weight is 342 g/mol. The molecule has 0 unspecified atom stereocenters. The van der Waals surface area contributed by atoms with Crippen molar-refractivity contribution in [3.63, 3.8) is 0 Å². The third-order valence-corrected chi connectivity index (χ3v) is 7.34. The Hall–Kier alpha value is -0.920. The molecule has 0 bridgehead atoms. The monoisotopic (exact) mass is 342 g/mol. The van der Waals surface area contributed by atoms with Gasteiger partial charge in [0.15, 0.2) is 9.84 Å². The van der Waals surface area contributed by atoms with Crippen LogP contribution < -0.4 is 0 Å². The van der Waals surface area contributed by atoms with E-state index in [0.717, 1.165) is 36.4 Å². The number of hydrogen-bond donors (Lipinski definition) is 0. The quantitative estimate of drug-likeness (QED) is 0.830. The number of piperazine rings is 1. The van der Waals surface area contributed by atoms with Crippen LogP contribution in [0.2, 0.25) is 0 Å². The van der Waals surface area contributed by atoms with E-state index in [4.69, 9.17) is 0 Å². The number of carbonyl (C=O) groups is 1. The van der Waals surface area contributed by atoms with Crippen molar-refractivity contribution in [2.75, 3.05) is 37.7 Å². The highest BCUT2D eigenvalue weighted by Crippen LogP contribution is 2.22. The van der Waals surface area contributed by atoms with Crippen LogP contribution in [0.1, 0.15) is 28.6 Å². The van der Waals surface area contributed by atoms with E-state index in [0.29, 0.717) is 18.8 Å². The molecule has 0 radical (unpaired) electrons. The molecule has 0 aliphatic carbocycles. The Bertz CT molecular complexity index is 645. The lowest BCUT2D eigenvalue weighted by Crippen LogP contribution is -2.52. The Labute approximate surface area is 135 Å². The summed E-state index contributed by atoms with van der Waals surface area (Å²) in [7, 11) is -2.84. The van der Waals surface area contributed by atoms with Gasteiger partial charge in [0.05, 0.1) is 16.4 Å². The predicted octanol–water partition coefficient (Wildman–Crippen LogP) is 1.26. The van der Waals surface area contributed by atoms with E-state index < -0.39 is 9.84 Å². The second kappa shape index (κ2) is 6.29. The lowest BCUT2D eigenvalue weighted by Gasteiger charge is -2.37. The molecule has 2 aliphatic heterocycles. The zero-order valence-corrected chi connectivity index (χ0v) is 14.5. The van der Waals surface area contributed by atoms with Gasteiger partial charge in [-0.2, -0.15) is 0 Å². The number of carbonyl (C=O) groups excluding carboxylic acids is 1. The van der Waals surface area contributed by atoms with Gasteiger partial charge in [-0.1, -0.05) is 6.92 Å². The summed E-state index contributed by atoms with van der Waals surface area (Å²) in [6.45, 7) is 5.00. The van der Waals surface area contributed by atoms with Crippen molar-refractivity contribution in [3.8, 4) is 0 Å². The molecule has 2 saturated heterocycles. The first-order valence-corrected chi connectivity index (χ1v) is 10.5. The van der Waals surface area contributed by atoms with Crippen molar-refractivity contribution in [1.29, 1.82) is 0 Å². The Morgan fingerprint density at radius 3 is 2.64 bits per heavy atom. The second-order valence-corrected chi connectivity index (χ2v) is 9.16. The highest BCUT2D eigenvalue weighted by molar-refractivity contribution is 7.91. The van der Waals surface area contributed by atoms with E-state index in [2.05, 4.69) is 11.8 Å². The van der Waals surface area contributed by atoms with Gasteiger partial charge in [-0.3, -0.25) is 9.69 Å². The summed E-state index contributed by atoms with van der Waals surface area (Å²) in [5, 5.41) is 1.98. The normalized spacial score (nSPS) is 25.5. The van der Waals surface area contributed by atoms with Crippen molar-refractivity contribution < 1.29 is 13.2 Å². The summed E-state index contributed by atoms with van der Waals surface area (Å²) in [5.41, 5.74) is 1.12. The minimum atomic E-state index is -2.84. The summed E-state index contributed by atoms with van der Waals surface area (Å²) >= 11 is 1.52. The number of aryl methyl sites for hydroxylation is 1. The molecule has 0 N–H and O–H groups in total. The van der Waals surface area contributed by atoms with Gasteiger partial charge in [0.1, 0.15) is 0 Å². The molecule has 122 valence electrons. The molecule has 3 heterocycles. The SMILES string of the molecule is CCc1ccsc1C(=O)N1CCN([C@@H]2CCS(=O)(=O)C2)CC1. The molecule has 2 aliphatic rings. The molecule has 7 heteroatoms. The second-order valence-electron chi connectivity index (χ2n) is 6.01. The van der Waals surface area contributed by atoms with E-state index in [-0.39, 0.29) is 17.7 Å². The van der Waals surface area contributed by atoms with Crippen molar-refractivity contribution in [2.45, 2.75) is 25.8 Å². The summed E-state index contributed by atoms with van der Waals surface area (Å²) in [4.78, 5) is 17.6. The highest BCUT2D eigenvalue weighted by Gasteiger charge is 2.34. The Balaban J connectivity index is 1.59. The molecule has 1 amide bonds. The van der Waals surface area contributed by atoms with Crippen LogP contribution in [-0.4, -0.2) is 67.9 Å². The summed E-state index contributed by atoms with van der Waals surface area (Å²) < 4.78 is 23.2. The summed E-state index contributed by atoms with van der Waals surface area (Å²) in [6, 6.07) is 2.17. The van der Waals surface area contributed by atoms with Crippen LogP contribution in [0.15, 0.2) is 11.4 Å². The molecule has 0 spiro atoms. The lowest BCUT2D eigenvalue weighted by molar-refractivity contribution is 0.0591. The number of sulfone groups is 1. The van der Waals surface area contributed by atoms with Crippen LogP contribution in [0.3, 0.4) is 0 Å². The first-order valence-electron chi connectivity index (χ1n) is 7.80. The largest absolute Gasteiger partial charge is 0.335 e. The highest BCUT2D eigenvalue weighted by atomic mass is 32.2. The van der Waals surface area contributed by atoms with Gasteiger partial charge in [-0.15, -0.1) is 11.3 Å². The number of nitrogens with zero attached hydrogens (tertiary/aromatic N) is 2. The fraction of sp³-hybridized carbons (Fsp3) is 0.667. The predicted molar refractivity (Wildman–Crippen MR) is 88.2 cm³/mol. The molecule has 2 fully saturated rings. The molecular formula is C15H22N2O3S2. The smallest absolute Gasteiger partial charge is 0.264 e. The van der Waals surface area contributed by atoms with E-state index in [1.54, 1.807) is 0 Å². The van der Waals surface area contributed by atoms with Crippen LogP contribution in [-0.2, 0) is 16.3 Å². The van der Waals surface area contributed by atoms with Crippen LogP contribution in [0.25, 0.3) is 0 Å². The minimum absolute atomic E-state index is 0.130. The number of amides is 1. The molecule has 3 rings (SSSR count). The standard InChI is InChI=1S/C15H22N2O3S2/c1-2-12-3-9-21-14(12)15(18)17-7-5-16(6-8-17)13-4-10-22(19,20)11-13/h3,9,13H,2,4-8,10-11H2,1H3/t13-/m1/s1. The molecule has 1 atom stereocenters. The van der Waals surface area contributed by atoms with Crippen molar-refractivity contribution in [2.24, 2.45) is 0 Å². The Morgan fingerprint density at radius 2 is 2.05 bits per heavy atom. The fourth-order valence-corrected chi connectivity index (χ4v) is 6.02. The topological polar surface area (TPSA) is 57.7 Å². The Kier molecular flexibility index (Phi) is 4.56. The molecule has 5 nitrogen and oxygen atoms in total. The average Bonchev–Trinajstić information content (AvgIpc) is 3.12. The first kappa shape index (κ1) is 16.0. The number of hydrogen-bond acceptors (Lipinski definition) is 5. The van der Waals surface area contributed by atoms with Gasteiger partial charge in [0, 0.05) is 32.2 Å². The van der Waals surface area contributed by atoms with Crippen molar-refractivity contribution in [3.05, 3.63) is 21.9 Å². The number of thiophene rings is 1. The van der Waals surface area contributed by atoms with Crippen LogP contribution >= 0.6 is 11.3 Å². The van der Waals surface area contributed by atoms with Gasteiger partial charge in [-0.25, -0.2) is 8.42 Å². The number of rotatable bonds is 3. The molecule has 1 aromatic heterocycles. The van der Waals surface area contributed by atoms with Gasteiger partial charge in [0.2, 0.25) is 0 Å². The lowest BCUT2D eigenvalue weighted by atomic mass is 10.1. The Morgan fingerprint density at radius 1 is 1.32 bits per heavy atom. The summed E-state index contributed by atoms with van der Waals surface area (Å²) in [6.07, 6.45) is 1.62. The van der Waals surface area contributed by atoms with Gasteiger partial charge in [-0.05, 0) is 29.9 Å². The van der Waals surface area contributed by atoms with E-state index in [9.17, 15) is 13.2 Å². The maximum Gasteiger partial charge on any atom is 0.264 e. The van der Waals surface area contributed by atoms with Crippen LogP contribution in [0, 0.1) is 0 Å². The van der Waals surface area contributed by atoms with Gasteiger partial charge >= 0.3 is 0 Å². The first-order chi connectivity index (χ1) is 10.5. The third kappa shape index (κ3) is 3.21. The molecule has 0 saturated carbocycles. The van der Waals surface area contributed by atoms with E-state index >= 15 is 0 Å². The van der Waals surface area contributed by atoms with E-state index in [1.165, 1.54) is 11.3 Å². The molecular weight excluding hydrogens is 320 g/mol. The third-order valence-electron chi connectivity index (χ3n) is 4.65. The zero-order valence-electron chi connectivity index (χ0n) is 12.8. The van der Waals surface area contributed by atoms with Crippen molar-refractivity contribution in [1.82, 2.24) is 9.80 Å². The zero-order chi connectivity index (χ0) is 15.7. The van der Waals surface area contributed by atoms with Crippen LogP contribution in [0.5, 0.6) is 0 Å². The molecule has 1 aromatic rings. The van der Waals surface area contributed by atoms with Crippen molar-refractivity contribution >= 4 is 27.1 Å². The van der Waals surface area contributed by atoms with E-state index in [1.807, 2.05) is 16.3 Å².